The number of ketones is 1. The molecule has 0 aliphatic carbocycles. The second-order valence-corrected chi connectivity index (χ2v) is 7.41. The number of carbonyl (C=O) groups excluding carboxylic acids is 3. The summed E-state index contributed by atoms with van der Waals surface area (Å²) in [5, 5.41) is 5.20. The van der Waals surface area contributed by atoms with Crippen molar-refractivity contribution in [1.29, 1.82) is 0 Å². The summed E-state index contributed by atoms with van der Waals surface area (Å²) in [6.07, 6.45) is 0.865. The number of alkyl halides is 1. The van der Waals surface area contributed by atoms with Crippen molar-refractivity contribution in [2.75, 3.05) is 5.33 Å². The number of ether oxygens (including phenoxy) is 2. The standard InChI is InChI=1S/C21H20BrNO5/c1-13(24)27-18-19(26)21(2,28-20(18)23-17(25)8-5-11-22)16-10-9-14-6-3-4-7-15(14)12-16/h3-4,6-7,9-10,12H,5,8,11H2,1-2H3,(H,23,25). The van der Waals surface area contributed by atoms with Crippen molar-refractivity contribution >= 4 is 44.4 Å². The normalized spacial score (nSPS) is 18.9. The lowest BCUT2D eigenvalue weighted by molar-refractivity contribution is -0.142. The van der Waals surface area contributed by atoms with Gasteiger partial charge in [-0.1, -0.05) is 52.3 Å². The molecule has 2 aromatic carbocycles. The lowest BCUT2D eigenvalue weighted by atomic mass is 9.90. The van der Waals surface area contributed by atoms with E-state index in [4.69, 9.17) is 9.47 Å². The molecule has 1 unspecified atom stereocenters. The number of benzene rings is 2. The highest BCUT2D eigenvalue weighted by molar-refractivity contribution is 9.09. The van der Waals surface area contributed by atoms with Crippen molar-refractivity contribution in [3.63, 3.8) is 0 Å². The molecule has 3 rings (SSSR count). The summed E-state index contributed by atoms with van der Waals surface area (Å²) >= 11 is 3.27. The van der Waals surface area contributed by atoms with Crippen molar-refractivity contribution in [3.05, 3.63) is 59.7 Å². The second kappa shape index (κ2) is 8.14. The highest BCUT2D eigenvalue weighted by Gasteiger charge is 2.49. The molecule has 0 radical (unpaired) electrons. The van der Waals surface area contributed by atoms with Crippen LogP contribution in [0.3, 0.4) is 0 Å². The lowest BCUT2D eigenvalue weighted by Gasteiger charge is -2.24. The van der Waals surface area contributed by atoms with Gasteiger partial charge in [-0.05, 0) is 30.2 Å². The SMILES string of the molecule is CC(=O)OC1=C(NC(=O)CCCBr)OC(C)(c2ccc3ccccc3c2)C1=O. The minimum absolute atomic E-state index is 0.129. The van der Waals surface area contributed by atoms with Gasteiger partial charge in [0.1, 0.15) is 0 Å². The number of nitrogens with one attached hydrogen (secondary N) is 1. The Kier molecular flexibility index (Phi) is 5.84. The maximum Gasteiger partial charge on any atom is 0.308 e. The monoisotopic (exact) mass is 445 g/mol. The third kappa shape index (κ3) is 3.94. The molecule has 2 aromatic rings. The number of halogens is 1. The number of carbonyl (C=O) groups is 3. The van der Waals surface area contributed by atoms with Crippen LogP contribution in [-0.4, -0.2) is 23.0 Å². The molecule has 0 bridgehead atoms. The molecule has 0 saturated carbocycles. The summed E-state index contributed by atoms with van der Waals surface area (Å²) in [4.78, 5) is 36.7. The molecular formula is C21H20BrNO5. The van der Waals surface area contributed by atoms with Gasteiger partial charge >= 0.3 is 5.97 Å². The van der Waals surface area contributed by atoms with Crippen molar-refractivity contribution in [2.45, 2.75) is 32.3 Å². The third-order valence-electron chi connectivity index (χ3n) is 4.49. The topological polar surface area (TPSA) is 81.7 Å². The molecule has 0 fully saturated rings. The van der Waals surface area contributed by atoms with Gasteiger partial charge in [0, 0.05) is 24.2 Å². The average Bonchev–Trinajstić information content (AvgIpc) is 2.91. The van der Waals surface area contributed by atoms with Crippen LogP contribution in [-0.2, 0) is 29.5 Å². The van der Waals surface area contributed by atoms with Crippen molar-refractivity contribution in [1.82, 2.24) is 5.32 Å². The molecule has 28 heavy (non-hydrogen) atoms. The largest absolute Gasteiger partial charge is 0.456 e. The molecular weight excluding hydrogens is 426 g/mol. The van der Waals surface area contributed by atoms with E-state index < -0.39 is 17.4 Å². The van der Waals surface area contributed by atoms with Crippen LogP contribution >= 0.6 is 15.9 Å². The molecule has 1 aliphatic heterocycles. The van der Waals surface area contributed by atoms with Gasteiger partial charge in [-0.2, -0.15) is 0 Å². The van der Waals surface area contributed by atoms with Gasteiger partial charge in [-0.3, -0.25) is 19.7 Å². The molecule has 1 atom stereocenters. The maximum atomic E-state index is 13.1. The first kappa shape index (κ1) is 20.1. The van der Waals surface area contributed by atoms with Crippen molar-refractivity contribution < 1.29 is 23.9 Å². The van der Waals surface area contributed by atoms with Crippen LogP contribution in [0.1, 0.15) is 32.3 Å². The number of esters is 1. The molecule has 1 N–H and O–H groups in total. The Hall–Kier alpha value is -2.67. The van der Waals surface area contributed by atoms with E-state index in [9.17, 15) is 14.4 Å². The molecule has 1 heterocycles. The summed E-state index contributed by atoms with van der Waals surface area (Å²) in [5.41, 5.74) is -0.808. The Morgan fingerprint density at radius 3 is 2.57 bits per heavy atom. The Morgan fingerprint density at radius 2 is 1.89 bits per heavy atom. The first-order chi connectivity index (χ1) is 13.3. The quantitative estimate of drug-likeness (QED) is 0.541. The maximum absolute atomic E-state index is 13.1. The highest BCUT2D eigenvalue weighted by Crippen LogP contribution is 2.39. The predicted molar refractivity (Wildman–Crippen MR) is 107 cm³/mol. The third-order valence-corrected chi connectivity index (χ3v) is 5.05. The number of hydrogen-bond donors (Lipinski definition) is 1. The summed E-state index contributed by atoms with van der Waals surface area (Å²) in [7, 11) is 0. The molecule has 146 valence electrons. The zero-order valence-electron chi connectivity index (χ0n) is 15.6. The van der Waals surface area contributed by atoms with Gasteiger partial charge in [0.2, 0.25) is 17.5 Å². The second-order valence-electron chi connectivity index (χ2n) is 6.62. The average molecular weight is 446 g/mol. The summed E-state index contributed by atoms with van der Waals surface area (Å²) in [5.74, 6) is -1.92. The minimum Gasteiger partial charge on any atom is -0.456 e. The van der Waals surface area contributed by atoms with E-state index in [1.54, 1.807) is 13.0 Å². The summed E-state index contributed by atoms with van der Waals surface area (Å²) < 4.78 is 11.0. The zero-order chi connectivity index (χ0) is 20.3. The van der Waals surface area contributed by atoms with Gasteiger partial charge in [0.05, 0.1) is 0 Å². The number of fused-ring (bicyclic) bond motifs is 1. The fraction of sp³-hybridized carbons (Fsp3) is 0.286. The van der Waals surface area contributed by atoms with E-state index >= 15 is 0 Å². The smallest absolute Gasteiger partial charge is 0.308 e. The Bertz CT molecular complexity index is 984. The number of Topliss-reactive ketones (excluding diaryl/α,β-unsaturated/α-hetero) is 1. The van der Waals surface area contributed by atoms with E-state index in [0.717, 1.165) is 10.8 Å². The van der Waals surface area contributed by atoms with Gasteiger partial charge in [0.25, 0.3) is 5.78 Å². The van der Waals surface area contributed by atoms with E-state index in [1.165, 1.54) is 6.92 Å². The lowest BCUT2D eigenvalue weighted by Crippen LogP contribution is -2.32. The van der Waals surface area contributed by atoms with Crippen molar-refractivity contribution in [2.24, 2.45) is 0 Å². The van der Waals surface area contributed by atoms with Crippen LogP contribution in [0.5, 0.6) is 0 Å². The molecule has 1 aliphatic rings. The molecule has 1 amide bonds. The molecule has 0 aromatic heterocycles. The van der Waals surface area contributed by atoms with Gasteiger partial charge in [-0.25, -0.2) is 0 Å². The van der Waals surface area contributed by atoms with Gasteiger partial charge in [-0.15, -0.1) is 0 Å². The van der Waals surface area contributed by atoms with Crippen LogP contribution in [0.4, 0.5) is 0 Å². The van der Waals surface area contributed by atoms with Gasteiger partial charge in [0.15, 0.2) is 5.60 Å². The van der Waals surface area contributed by atoms with Crippen LogP contribution in [0, 0.1) is 0 Å². The Labute approximate surface area is 171 Å². The first-order valence-corrected chi connectivity index (χ1v) is 9.99. The summed E-state index contributed by atoms with van der Waals surface area (Å²) in [6, 6.07) is 13.3. The Balaban J connectivity index is 1.95. The predicted octanol–water partition coefficient (Wildman–Crippen LogP) is 3.68. The number of rotatable bonds is 6. The number of amides is 1. The van der Waals surface area contributed by atoms with Crippen LogP contribution < -0.4 is 5.32 Å². The van der Waals surface area contributed by atoms with E-state index in [-0.39, 0.29) is 24.0 Å². The van der Waals surface area contributed by atoms with Crippen molar-refractivity contribution in [3.8, 4) is 0 Å². The molecule has 0 spiro atoms. The summed E-state index contributed by atoms with van der Waals surface area (Å²) in [6.45, 7) is 2.79. The number of hydrogen-bond acceptors (Lipinski definition) is 5. The zero-order valence-corrected chi connectivity index (χ0v) is 17.2. The Morgan fingerprint density at radius 1 is 1.18 bits per heavy atom. The molecule has 6 nitrogen and oxygen atoms in total. The first-order valence-electron chi connectivity index (χ1n) is 8.87. The van der Waals surface area contributed by atoms with Gasteiger partial charge < -0.3 is 9.47 Å². The fourth-order valence-electron chi connectivity index (χ4n) is 3.03. The van der Waals surface area contributed by atoms with Crippen LogP contribution in [0.15, 0.2) is 54.1 Å². The molecule has 7 heteroatoms. The van der Waals surface area contributed by atoms with E-state index in [2.05, 4.69) is 21.2 Å². The van der Waals surface area contributed by atoms with Crippen LogP contribution in [0.25, 0.3) is 10.8 Å². The fourth-order valence-corrected chi connectivity index (χ4v) is 3.31. The molecule has 0 saturated heterocycles. The van der Waals surface area contributed by atoms with E-state index in [0.29, 0.717) is 17.3 Å². The minimum atomic E-state index is -1.41. The van der Waals surface area contributed by atoms with E-state index in [1.807, 2.05) is 36.4 Å². The van der Waals surface area contributed by atoms with Crippen LogP contribution in [0.2, 0.25) is 0 Å². The highest BCUT2D eigenvalue weighted by atomic mass is 79.9.